The van der Waals surface area contributed by atoms with Crippen LogP contribution in [0, 0.1) is 0 Å². The van der Waals surface area contributed by atoms with Crippen LogP contribution in [-0.2, 0) is 16.0 Å². The number of amides is 1. The molecule has 0 aliphatic heterocycles. The predicted octanol–water partition coefficient (Wildman–Crippen LogP) is 0.890. The second-order valence-corrected chi connectivity index (χ2v) is 4.64. The van der Waals surface area contributed by atoms with Crippen LogP contribution < -0.4 is 11.1 Å². The molecule has 1 amide bonds. The average molecular weight is 249 g/mol. The number of carbonyl (C=O) groups is 1. The van der Waals surface area contributed by atoms with E-state index in [0.29, 0.717) is 5.69 Å². The Morgan fingerprint density at radius 1 is 1.56 bits per heavy atom. The maximum absolute atomic E-state index is 11.9. The fourth-order valence-corrected chi connectivity index (χ4v) is 2.34. The molecule has 2 rings (SSSR count). The highest BCUT2D eigenvalue weighted by atomic mass is 16.5. The molecule has 5 nitrogen and oxygen atoms in total. The number of rotatable bonds is 4. The molecule has 5 heteroatoms. The van der Waals surface area contributed by atoms with Crippen molar-refractivity contribution in [3.63, 3.8) is 0 Å². The molecule has 2 unspecified atom stereocenters. The molecule has 0 saturated heterocycles. The summed E-state index contributed by atoms with van der Waals surface area (Å²) in [6.07, 6.45) is 5.10. The van der Waals surface area contributed by atoms with Crippen LogP contribution in [0.4, 0.5) is 5.69 Å². The van der Waals surface area contributed by atoms with Crippen molar-refractivity contribution < 1.29 is 9.53 Å². The number of aromatic nitrogens is 1. The van der Waals surface area contributed by atoms with E-state index in [2.05, 4.69) is 10.3 Å². The fraction of sp³-hybridized carbons (Fsp3) is 0.538. The van der Waals surface area contributed by atoms with Gasteiger partial charge in [0.25, 0.3) is 0 Å². The van der Waals surface area contributed by atoms with Crippen LogP contribution in [0.1, 0.15) is 25.0 Å². The summed E-state index contributed by atoms with van der Waals surface area (Å²) >= 11 is 0. The summed E-state index contributed by atoms with van der Waals surface area (Å²) in [5, 5.41) is 3.01. The lowest BCUT2D eigenvalue weighted by Crippen LogP contribution is -2.41. The summed E-state index contributed by atoms with van der Waals surface area (Å²) in [5.41, 5.74) is 6.88. The third kappa shape index (κ3) is 3.20. The molecular weight excluding hydrogens is 230 g/mol. The number of anilines is 1. The Kier molecular flexibility index (Phi) is 4.15. The third-order valence-corrected chi connectivity index (χ3v) is 3.29. The summed E-state index contributed by atoms with van der Waals surface area (Å²) in [7, 11) is 1.69. The first kappa shape index (κ1) is 12.8. The van der Waals surface area contributed by atoms with Crippen LogP contribution in [0.25, 0.3) is 0 Å². The van der Waals surface area contributed by atoms with E-state index in [9.17, 15) is 4.79 Å². The normalized spacial score (nSPS) is 22.9. The lowest BCUT2D eigenvalue weighted by atomic mass is 10.2. The number of nitrogens with zero attached hydrogens (tertiary/aromatic N) is 1. The molecule has 1 fully saturated rings. The average Bonchev–Trinajstić information content (AvgIpc) is 2.79. The van der Waals surface area contributed by atoms with Crippen molar-refractivity contribution in [2.24, 2.45) is 0 Å². The summed E-state index contributed by atoms with van der Waals surface area (Å²) < 4.78 is 5.34. The summed E-state index contributed by atoms with van der Waals surface area (Å²) in [6, 6.07) is 3.66. The fourth-order valence-electron chi connectivity index (χ4n) is 2.34. The number of pyridine rings is 1. The maximum atomic E-state index is 11.9. The number of nitrogen functional groups attached to an aromatic ring is 1. The minimum absolute atomic E-state index is 0.0128. The number of nitrogens with one attached hydrogen (secondary N) is 1. The molecule has 1 aliphatic carbocycles. The Bertz CT molecular complexity index is 405. The van der Waals surface area contributed by atoms with Crippen LogP contribution in [-0.4, -0.2) is 30.1 Å². The highest BCUT2D eigenvalue weighted by Gasteiger charge is 2.28. The van der Waals surface area contributed by atoms with E-state index in [1.807, 2.05) is 0 Å². The van der Waals surface area contributed by atoms with Gasteiger partial charge in [0.15, 0.2) is 0 Å². The highest BCUT2D eigenvalue weighted by molar-refractivity contribution is 5.78. The summed E-state index contributed by atoms with van der Waals surface area (Å²) in [4.78, 5) is 16.0. The van der Waals surface area contributed by atoms with Gasteiger partial charge in [-0.2, -0.15) is 0 Å². The summed E-state index contributed by atoms with van der Waals surface area (Å²) in [5.74, 6) is -0.0128. The predicted molar refractivity (Wildman–Crippen MR) is 68.9 cm³/mol. The molecule has 1 aliphatic rings. The van der Waals surface area contributed by atoms with Crippen molar-refractivity contribution in [1.82, 2.24) is 10.3 Å². The molecule has 1 aromatic rings. The zero-order chi connectivity index (χ0) is 13.0. The number of hydrogen-bond acceptors (Lipinski definition) is 4. The molecule has 0 radical (unpaired) electrons. The van der Waals surface area contributed by atoms with E-state index < -0.39 is 0 Å². The van der Waals surface area contributed by atoms with Gasteiger partial charge in [-0.1, -0.05) is 0 Å². The Morgan fingerprint density at radius 3 is 3.06 bits per heavy atom. The van der Waals surface area contributed by atoms with E-state index in [-0.39, 0.29) is 24.5 Å². The van der Waals surface area contributed by atoms with E-state index >= 15 is 0 Å². The Morgan fingerprint density at radius 2 is 2.39 bits per heavy atom. The number of carbonyl (C=O) groups excluding carboxylic acids is 1. The third-order valence-electron chi connectivity index (χ3n) is 3.29. The van der Waals surface area contributed by atoms with Crippen molar-refractivity contribution in [1.29, 1.82) is 0 Å². The quantitative estimate of drug-likeness (QED) is 0.830. The standard InChI is InChI=1S/C13H19N3O2/c1-18-12-4-2-3-11(12)16-13(17)7-10-6-5-9(14)8-15-10/h5-6,8,11-12H,2-4,7,14H2,1H3,(H,16,17). The van der Waals surface area contributed by atoms with Crippen molar-refractivity contribution in [2.45, 2.75) is 37.8 Å². The van der Waals surface area contributed by atoms with Gasteiger partial charge in [0, 0.05) is 12.8 Å². The minimum Gasteiger partial charge on any atom is -0.397 e. The second kappa shape index (κ2) is 5.82. The van der Waals surface area contributed by atoms with Gasteiger partial charge in [-0.15, -0.1) is 0 Å². The first-order valence-electron chi connectivity index (χ1n) is 6.21. The number of ether oxygens (including phenoxy) is 1. The number of hydrogen-bond donors (Lipinski definition) is 2. The Balaban J connectivity index is 1.86. The zero-order valence-corrected chi connectivity index (χ0v) is 10.6. The van der Waals surface area contributed by atoms with E-state index in [0.717, 1.165) is 25.0 Å². The van der Waals surface area contributed by atoms with Crippen LogP contribution in [0.2, 0.25) is 0 Å². The van der Waals surface area contributed by atoms with Crippen LogP contribution in [0.15, 0.2) is 18.3 Å². The molecule has 3 N–H and O–H groups in total. The molecule has 0 aromatic carbocycles. The molecule has 0 spiro atoms. The maximum Gasteiger partial charge on any atom is 0.226 e. The van der Waals surface area contributed by atoms with Crippen LogP contribution >= 0.6 is 0 Å². The SMILES string of the molecule is COC1CCCC1NC(=O)Cc1ccc(N)cn1. The van der Waals surface area contributed by atoms with Gasteiger partial charge < -0.3 is 15.8 Å². The second-order valence-electron chi connectivity index (χ2n) is 4.64. The van der Waals surface area contributed by atoms with E-state index in [1.165, 1.54) is 0 Å². The van der Waals surface area contributed by atoms with Gasteiger partial charge >= 0.3 is 0 Å². The van der Waals surface area contributed by atoms with Crippen LogP contribution in [0.3, 0.4) is 0 Å². The van der Waals surface area contributed by atoms with Gasteiger partial charge in [-0.3, -0.25) is 9.78 Å². The zero-order valence-electron chi connectivity index (χ0n) is 10.6. The molecule has 2 atom stereocenters. The van der Waals surface area contributed by atoms with Gasteiger partial charge in [0.2, 0.25) is 5.91 Å². The molecule has 98 valence electrons. The topological polar surface area (TPSA) is 77.2 Å². The minimum atomic E-state index is -0.0128. The van der Waals surface area contributed by atoms with E-state index in [1.54, 1.807) is 25.4 Å². The Hall–Kier alpha value is -1.62. The van der Waals surface area contributed by atoms with Crippen molar-refractivity contribution in [3.8, 4) is 0 Å². The van der Waals surface area contributed by atoms with E-state index in [4.69, 9.17) is 10.5 Å². The summed E-state index contributed by atoms with van der Waals surface area (Å²) in [6.45, 7) is 0. The Labute approximate surface area is 107 Å². The lowest BCUT2D eigenvalue weighted by Gasteiger charge is -2.19. The molecule has 0 bridgehead atoms. The first-order valence-corrected chi connectivity index (χ1v) is 6.21. The van der Waals surface area contributed by atoms with Crippen molar-refractivity contribution >= 4 is 11.6 Å². The van der Waals surface area contributed by atoms with Crippen molar-refractivity contribution in [3.05, 3.63) is 24.0 Å². The van der Waals surface area contributed by atoms with Crippen molar-refractivity contribution in [2.75, 3.05) is 12.8 Å². The van der Waals surface area contributed by atoms with Crippen LogP contribution in [0.5, 0.6) is 0 Å². The molecule has 1 heterocycles. The first-order chi connectivity index (χ1) is 8.69. The van der Waals surface area contributed by atoms with Gasteiger partial charge in [0.1, 0.15) is 0 Å². The highest BCUT2D eigenvalue weighted by Crippen LogP contribution is 2.21. The number of methoxy groups -OCH3 is 1. The monoisotopic (exact) mass is 249 g/mol. The molecule has 1 saturated carbocycles. The molecule has 1 aromatic heterocycles. The lowest BCUT2D eigenvalue weighted by molar-refractivity contribution is -0.122. The molecular formula is C13H19N3O2. The number of nitrogens with two attached hydrogens (primary N) is 1. The smallest absolute Gasteiger partial charge is 0.226 e. The van der Waals surface area contributed by atoms with Gasteiger partial charge in [-0.05, 0) is 31.4 Å². The van der Waals surface area contributed by atoms with Gasteiger partial charge in [-0.25, -0.2) is 0 Å². The largest absolute Gasteiger partial charge is 0.397 e. The molecule has 18 heavy (non-hydrogen) atoms. The van der Waals surface area contributed by atoms with Gasteiger partial charge in [0.05, 0.1) is 30.5 Å².